The Morgan fingerprint density at radius 2 is 1.80 bits per heavy atom. The summed E-state index contributed by atoms with van der Waals surface area (Å²) in [5, 5.41) is 3.10. The van der Waals surface area contributed by atoms with Crippen LogP contribution >= 0.6 is 0 Å². The minimum Gasteiger partial charge on any atom is -0.468 e. The third kappa shape index (κ3) is 5.11. The fraction of sp³-hybridized carbons (Fsp3) is 0.900. The van der Waals surface area contributed by atoms with Crippen LogP contribution < -0.4 is 5.32 Å². The van der Waals surface area contributed by atoms with E-state index in [9.17, 15) is 4.79 Å². The molecular weight excluding hydrogens is 198 g/mol. The highest BCUT2D eigenvalue weighted by Crippen LogP contribution is 2.11. The van der Waals surface area contributed by atoms with Crippen molar-refractivity contribution in [2.75, 3.05) is 41.1 Å². The van der Waals surface area contributed by atoms with Crippen LogP contribution in [0.4, 0.5) is 0 Å². The molecule has 5 heteroatoms. The van der Waals surface area contributed by atoms with Crippen molar-refractivity contribution in [3.8, 4) is 0 Å². The molecule has 0 saturated heterocycles. The Hall–Kier alpha value is -0.650. The Labute approximate surface area is 91.1 Å². The number of hydrogen-bond acceptors (Lipinski definition) is 5. The molecule has 0 radical (unpaired) electrons. The van der Waals surface area contributed by atoms with Gasteiger partial charge >= 0.3 is 5.97 Å². The Morgan fingerprint density at radius 1 is 1.20 bits per heavy atom. The van der Waals surface area contributed by atoms with Crippen molar-refractivity contribution < 1.29 is 19.0 Å². The van der Waals surface area contributed by atoms with Gasteiger partial charge in [0.2, 0.25) is 0 Å². The van der Waals surface area contributed by atoms with E-state index in [1.165, 1.54) is 7.11 Å². The number of ether oxygens (including phenoxy) is 3. The predicted octanol–water partition coefficient (Wildman–Crippen LogP) is 0.191. The quantitative estimate of drug-likeness (QED) is 0.466. The maximum atomic E-state index is 11.6. The van der Waals surface area contributed by atoms with E-state index in [4.69, 9.17) is 14.2 Å². The highest BCUT2D eigenvalue weighted by molar-refractivity contribution is 5.80. The molecule has 0 spiro atoms. The van der Waals surface area contributed by atoms with Gasteiger partial charge in [-0.1, -0.05) is 0 Å². The van der Waals surface area contributed by atoms with Gasteiger partial charge in [-0.15, -0.1) is 0 Å². The maximum absolute atomic E-state index is 11.6. The third-order valence-electron chi connectivity index (χ3n) is 2.26. The number of carbonyl (C=O) groups is 1. The van der Waals surface area contributed by atoms with Gasteiger partial charge < -0.3 is 14.2 Å². The first-order valence-electron chi connectivity index (χ1n) is 4.92. The van der Waals surface area contributed by atoms with Gasteiger partial charge in [0, 0.05) is 27.4 Å². The molecule has 0 aliphatic carbocycles. The summed E-state index contributed by atoms with van der Waals surface area (Å²) in [6, 6.07) is 0. The lowest BCUT2D eigenvalue weighted by Crippen LogP contribution is -2.51. The summed E-state index contributed by atoms with van der Waals surface area (Å²) in [5.41, 5.74) is -0.705. The van der Waals surface area contributed by atoms with E-state index >= 15 is 0 Å². The van der Waals surface area contributed by atoms with Crippen LogP contribution in [0.2, 0.25) is 0 Å². The fourth-order valence-corrected chi connectivity index (χ4v) is 1.22. The van der Waals surface area contributed by atoms with E-state index in [-0.39, 0.29) is 5.97 Å². The molecule has 0 saturated carbocycles. The molecule has 1 unspecified atom stereocenters. The zero-order valence-electron chi connectivity index (χ0n) is 9.96. The average Bonchev–Trinajstić information content (AvgIpc) is 2.25. The van der Waals surface area contributed by atoms with Gasteiger partial charge in [0.05, 0.1) is 13.7 Å². The highest BCUT2D eigenvalue weighted by atomic mass is 16.5. The third-order valence-corrected chi connectivity index (χ3v) is 2.26. The zero-order chi connectivity index (χ0) is 11.7. The first-order chi connectivity index (χ1) is 7.10. The normalized spacial score (nSPS) is 14.7. The summed E-state index contributed by atoms with van der Waals surface area (Å²) in [4.78, 5) is 11.6. The largest absolute Gasteiger partial charge is 0.468 e. The van der Waals surface area contributed by atoms with E-state index in [1.54, 1.807) is 21.1 Å². The number of nitrogens with one attached hydrogen (secondary N) is 1. The molecule has 0 aromatic rings. The van der Waals surface area contributed by atoms with Crippen LogP contribution in [0.5, 0.6) is 0 Å². The second-order valence-electron chi connectivity index (χ2n) is 3.49. The van der Waals surface area contributed by atoms with Crippen LogP contribution in [0.3, 0.4) is 0 Å². The highest BCUT2D eigenvalue weighted by Gasteiger charge is 2.33. The van der Waals surface area contributed by atoms with Gasteiger partial charge in [-0.05, 0) is 13.3 Å². The lowest BCUT2D eigenvalue weighted by atomic mass is 9.98. The van der Waals surface area contributed by atoms with Gasteiger partial charge in [-0.25, -0.2) is 0 Å². The predicted molar refractivity (Wildman–Crippen MR) is 56.8 cm³/mol. The van der Waals surface area contributed by atoms with Gasteiger partial charge in [-0.3, -0.25) is 10.1 Å². The molecule has 90 valence electrons. The Balaban J connectivity index is 4.20. The number of esters is 1. The molecule has 0 aromatic heterocycles. The topological polar surface area (TPSA) is 56.8 Å². The number of hydrogen-bond donors (Lipinski definition) is 1. The molecule has 0 heterocycles. The average molecular weight is 219 g/mol. The first-order valence-corrected chi connectivity index (χ1v) is 4.92. The number of carbonyl (C=O) groups excluding carboxylic acids is 1. The maximum Gasteiger partial charge on any atom is 0.325 e. The second-order valence-corrected chi connectivity index (χ2v) is 3.49. The fourth-order valence-electron chi connectivity index (χ4n) is 1.22. The molecule has 15 heavy (non-hydrogen) atoms. The summed E-state index contributed by atoms with van der Waals surface area (Å²) in [6.45, 7) is 3.46. The standard InChI is InChI=1S/C10H21NO4/c1-10(5-7-13-2,9(12)15-4)11-6-8-14-3/h11H,5-8H2,1-4H3. The molecule has 5 nitrogen and oxygen atoms in total. The van der Waals surface area contributed by atoms with Crippen LogP contribution in [-0.4, -0.2) is 52.6 Å². The second kappa shape index (κ2) is 7.62. The molecular formula is C10H21NO4. The SMILES string of the molecule is COCCNC(C)(CCOC)C(=O)OC. The minimum atomic E-state index is -0.705. The van der Waals surface area contributed by atoms with Crippen molar-refractivity contribution in [1.82, 2.24) is 5.32 Å². The summed E-state index contributed by atoms with van der Waals surface area (Å²) in [5.74, 6) is -0.282. The Bertz CT molecular complexity index is 186. The van der Waals surface area contributed by atoms with Crippen LogP contribution in [0.15, 0.2) is 0 Å². The van der Waals surface area contributed by atoms with E-state index < -0.39 is 5.54 Å². The Kier molecular flexibility index (Phi) is 7.29. The molecule has 0 fully saturated rings. The van der Waals surface area contributed by atoms with E-state index in [2.05, 4.69) is 5.32 Å². The van der Waals surface area contributed by atoms with Crippen LogP contribution in [0.1, 0.15) is 13.3 Å². The van der Waals surface area contributed by atoms with E-state index in [0.717, 1.165) is 0 Å². The summed E-state index contributed by atoms with van der Waals surface area (Å²) >= 11 is 0. The lowest BCUT2D eigenvalue weighted by molar-refractivity contribution is -0.148. The molecule has 1 atom stereocenters. The molecule has 0 aliphatic heterocycles. The van der Waals surface area contributed by atoms with Crippen molar-refractivity contribution in [1.29, 1.82) is 0 Å². The Morgan fingerprint density at radius 3 is 2.27 bits per heavy atom. The smallest absolute Gasteiger partial charge is 0.325 e. The van der Waals surface area contributed by atoms with Crippen LogP contribution in [-0.2, 0) is 19.0 Å². The van der Waals surface area contributed by atoms with Crippen molar-refractivity contribution in [2.24, 2.45) is 0 Å². The monoisotopic (exact) mass is 219 g/mol. The molecule has 0 aliphatic rings. The van der Waals surface area contributed by atoms with Crippen molar-refractivity contribution in [3.05, 3.63) is 0 Å². The van der Waals surface area contributed by atoms with E-state index in [0.29, 0.717) is 26.2 Å². The van der Waals surface area contributed by atoms with Crippen molar-refractivity contribution in [3.63, 3.8) is 0 Å². The molecule has 0 amide bonds. The first kappa shape index (κ1) is 14.3. The van der Waals surface area contributed by atoms with Gasteiger partial charge in [0.25, 0.3) is 0 Å². The van der Waals surface area contributed by atoms with Crippen molar-refractivity contribution in [2.45, 2.75) is 18.9 Å². The van der Waals surface area contributed by atoms with Gasteiger partial charge in [-0.2, -0.15) is 0 Å². The van der Waals surface area contributed by atoms with Crippen LogP contribution in [0, 0.1) is 0 Å². The summed E-state index contributed by atoms with van der Waals surface area (Å²) in [6.07, 6.45) is 0.569. The van der Waals surface area contributed by atoms with Gasteiger partial charge in [0.15, 0.2) is 0 Å². The van der Waals surface area contributed by atoms with Crippen LogP contribution in [0.25, 0.3) is 0 Å². The summed E-state index contributed by atoms with van der Waals surface area (Å²) < 4.78 is 14.6. The lowest BCUT2D eigenvalue weighted by Gasteiger charge is -2.27. The molecule has 0 bridgehead atoms. The van der Waals surface area contributed by atoms with E-state index in [1.807, 2.05) is 0 Å². The molecule has 0 aromatic carbocycles. The zero-order valence-corrected chi connectivity index (χ0v) is 9.96. The number of methoxy groups -OCH3 is 3. The number of rotatable bonds is 8. The van der Waals surface area contributed by atoms with Gasteiger partial charge in [0.1, 0.15) is 5.54 Å². The summed E-state index contributed by atoms with van der Waals surface area (Å²) in [7, 11) is 4.60. The minimum absolute atomic E-state index is 0.282. The molecule has 0 rings (SSSR count). The van der Waals surface area contributed by atoms with Crippen molar-refractivity contribution >= 4 is 5.97 Å². The molecule has 1 N–H and O–H groups in total.